The number of ether oxygens (including phenoxy) is 1. The molecule has 1 saturated carbocycles. The van der Waals surface area contributed by atoms with Gasteiger partial charge in [-0.25, -0.2) is 4.79 Å². The van der Waals surface area contributed by atoms with Crippen molar-refractivity contribution in [2.45, 2.75) is 85.6 Å². The minimum atomic E-state index is -1.10. The number of carbonyl (C=O) groups excluding carboxylic acids is 1. The molecule has 5 nitrogen and oxygen atoms in total. The first-order chi connectivity index (χ1) is 15.5. The molecule has 0 aromatic heterocycles. The van der Waals surface area contributed by atoms with Crippen molar-refractivity contribution in [2.24, 2.45) is 5.92 Å². The van der Waals surface area contributed by atoms with Crippen molar-refractivity contribution in [3.8, 4) is 11.1 Å². The molecule has 2 aromatic rings. The first kappa shape index (κ1) is 23.5. The third-order valence-electron chi connectivity index (χ3n) is 7.08. The fraction of sp³-hybridized carbons (Fsp3) is 0.500. The lowest BCUT2D eigenvalue weighted by Crippen LogP contribution is -2.35. The molecule has 176 valence electrons. The molecule has 2 aromatic carbocycles. The fourth-order valence-electron chi connectivity index (χ4n) is 5.10. The summed E-state index contributed by atoms with van der Waals surface area (Å²) < 4.78 is 6.13. The Kier molecular flexibility index (Phi) is 6.12. The van der Waals surface area contributed by atoms with Gasteiger partial charge in [-0.1, -0.05) is 36.2 Å². The van der Waals surface area contributed by atoms with Crippen LogP contribution in [0.1, 0.15) is 79.5 Å². The Morgan fingerprint density at radius 1 is 1.00 bits per heavy atom. The summed E-state index contributed by atoms with van der Waals surface area (Å²) in [7, 11) is 0. The Morgan fingerprint density at radius 2 is 1.58 bits per heavy atom. The Labute approximate surface area is 196 Å². The maximum Gasteiger partial charge on any atom is 0.337 e. The number of amides is 1. The molecule has 0 bridgehead atoms. The van der Waals surface area contributed by atoms with Gasteiger partial charge in [-0.05, 0) is 87.8 Å². The van der Waals surface area contributed by atoms with Crippen LogP contribution in [-0.2, 0) is 27.4 Å². The SMILES string of the molecule is Cc1ccc(-c2c(C)c3c(c(C)c2C(OC(C)(C)C)C(=O)O)CN(C(=O)C2CCC2)C3)cc1. The zero-order valence-corrected chi connectivity index (χ0v) is 20.6. The molecule has 0 spiro atoms. The largest absolute Gasteiger partial charge is 0.479 e. The van der Waals surface area contributed by atoms with Crippen molar-refractivity contribution >= 4 is 11.9 Å². The molecule has 1 N–H and O–H groups in total. The van der Waals surface area contributed by atoms with Gasteiger partial charge in [-0.3, -0.25) is 4.79 Å². The highest BCUT2D eigenvalue weighted by molar-refractivity contribution is 5.85. The van der Waals surface area contributed by atoms with E-state index < -0.39 is 17.7 Å². The zero-order valence-electron chi connectivity index (χ0n) is 20.6. The van der Waals surface area contributed by atoms with E-state index >= 15 is 0 Å². The molecular weight excluding hydrogens is 414 g/mol. The predicted molar refractivity (Wildman–Crippen MR) is 129 cm³/mol. The Balaban J connectivity index is 1.90. The maximum atomic E-state index is 13.0. The van der Waals surface area contributed by atoms with Crippen molar-refractivity contribution in [3.63, 3.8) is 0 Å². The van der Waals surface area contributed by atoms with Gasteiger partial charge < -0.3 is 14.7 Å². The first-order valence-corrected chi connectivity index (χ1v) is 11.9. The van der Waals surface area contributed by atoms with E-state index in [9.17, 15) is 14.7 Å². The Morgan fingerprint density at radius 3 is 2.06 bits per heavy atom. The minimum Gasteiger partial charge on any atom is -0.479 e. The van der Waals surface area contributed by atoms with Crippen molar-refractivity contribution in [1.82, 2.24) is 4.90 Å². The minimum absolute atomic E-state index is 0.145. The second-order valence-electron chi connectivity index (χ2n) is 10.6. The van der Waals surface area contributed by atoms with Crippen LogP contribution in [0.25, 0.3) is 11.1 Å². The summed E-state index contributed by atoms with van der Waals surface area (Å²) in [5, 5.41) is 10.2. The lowest BCUT2D eigenvalue weighted by Gasteiger charge is -2.30. The second-order valence-corrected chi connectivity index (χ2v) is 10.6. The maximum absolute atomic E-state index is 13.0. The Hall–Kier alpha value is -2.66. The molecule has 0 saturated heterocycles. The van der Waals surface area contributed by atoms with Gasteiger partial charge in [0.05, 0.1) is 5.60 Å². The van der Waals surface area contributed by atoms with E-state index in [4.69, 9.17) is 4.74 Å². The van der Waals surface area contributed by atoms with Crippen molar-refractivity contribution in [2.75, 3.05) is 0 Å². The van der Waals surface area contributed by atoms with Gasteiger partial charge in [0.2, 0.25) is 5.91 Å². The predicted octanol–water partition coefficient (Wildman–Crippen LogP) is 5.86. The molecule has 2 aliphatic rings. The van der Waals surface area contributed by atoms with Gasteiger partial charge in [0, 0.05) is 24.6 Å². The molecule has 4 rings (SSSR count). The summed E-state index contributed by atoms with van der Waals surface area (Å²) in [6.07, 6.45) is 1.98. The van der Waals surface area contributed by atoms with Crippen LogP contribution in [0.15, 0.2) is 24.3 Å². The van der Waals surface area contributed by atoms with E-state index in [1.165, 1.54) is 0 Å². The zero-order chi connectivity index (χ0) is 24.1. The topological polar surface area (TPSA) is 66.8 Å². The van der Waals surface area contributed by atoms with Crippen LogP contribution in [0.4, 0.5) is 0 Å². The quantitative estimate of drug-likeness (QED) is 0.621. The van der Waals surface area contributed by atoms with Crippen LogP contribution in [0.2, 0.25) is 0 Å². The number of hydrogen-bond donors (Lipinski definition) is 1. The molecule has 0 radical (unpaired) electrons. The first-order valence-electron chi connectivity index (χ1n) is 11.9. The van der Waals surface area contributed by atoms with Crippen LogP contribution in [0, 0.1) is 26.7 Å². The van der Waals surface area contributed by atoms with Crippen LogP contribution in [0.5, 0.6) is 0 Å². The van der Waals surface area contributed by atoms with E-state index in [2.05, 4.69) is 19.1 Å². The van der Waals surface area contributed by atoms with E-state index in [0.29, 0.717) is 18.7 Å². The summed E-state index contributed by atoms with van der Waals surface area (Å²) in [5.74, 6) is -0.622. The van der Waals surface area contributed by atoms with Gasteiger partial charge in [0.1, 0.15) is 0 Å². The molecule has 1 aliphatic carbocycles. The number of benzene rings is 2. The molecule has 1 heterocycles. The summed E-state index contributed by atoms with van der Waals surface area (Å²) in [5.41, 5.74) is 7.32. The lowest BCUT2D eigenvalue weighted by atomic mass is 9.83. The van der Waals surface area contributed by atoms with E-state index in [1.54, 1.807) is 0 Å². The van der Waals surface area contributed by atoms with E-state index in [1.807, 2.05) is 51.7 Å². The highest BCUT2D eigenvalue weighted by Crippen LogP contribution is 2.44. The highest BCUT2D eigenvalue weighted by Gasteiger charge is 2.38. The van der Waals surface area contributed by atoms with Crippen LogP contribution >= 0.6 is 0 Å². The third-order valence-corrected chi connectivity index (χ3v) is 7.08. The van der Waals surface area contributed by atoms with Gasteiger partial charge in [0.25, 0.3) is 0 Å². The smallest absolute Gasteiger partial charge is 0.337 e. The standard InChI is InChI=1S/C28H35NO4/c1-16-10-12-19(13-11-16)23-17(2)21-14-29(26(30)20-8-7-9-20)15-22(21)18(3)24(23)25(27(31)32)33-28(4,5)6/h10-13,20,25H,7-9,14-15H2,1-6H3,(H,31,32). The number of hydrogen-bond acceptors (Lipinski definition) is 3. The number of carboxylic acids is 1. The molecular formula is C28H35NO4. The molecule has 5 heteroatoms. The van der Waals surface area contributed by atoms with Gasteiger partial charge in [-0.2, -0.15) is 0 Å². The fourth-order valence-corrected chi connectivity index (χ4v) is 5.10. The summed E-state index contributed by atoms with van der Waals surface area (Å²) in [6, 6.07) is 8.20. The molecule has 1 aliphatic heterocycles. The number of nitrogens with zero attached hydrogens (tertiary/aromatic N) is 1. The number of fused-ring (bicyclic) bond motifs is 1. The van der Waals surface area contributed by atoms with Crippen LogP contribution < -0.4 is 0 Å². The number of aryl methyl sites for hydroxylation is 1. The highest BCUT2D eigenvalue weighted by atomic mass is 16.5. The summed E-state index contributed by atoms with van der Waals surface area (Å²) in [4.78, 5) is 27.5. The number of rotatable bonds is 5. The molecule has 33 heavy (non-hydrogen) atoms. The van der Waals surface area contributed by atoms with Crippen molar-refractivity contribution < 1.29 is 19.4 Å². The lowest BCUT2D eigenvalue weighted by molar-refractivity contribution is -0.160. The van der Waals surface area contributed by atoms with Gasteiger partial charge in [-0.15, -0.1) is 0 Å². The summed E-state index contributed by atoms with van der Waals surface area (Å²) >= 11 is 0. The third kappa shape index (κ3) is 4.43. The summed E-state index contributed by atoms with van der Waals surface area (Å²) in [6.45, 7) is 12.9. The van der Waals surface area contributed by atoms with Crippen molar-refractivity contribution in [3.05, 3.63) is 57.6 Å². The number of aliphatic carboxylic acids is 1. The Bertz CT molecular complexity index is 1090. The van der Waals surface area contributed by atoms with E-state index in [0.717, 1.165) is 58.2 Å². The van der Waals surface area contributed by atoms with E-state index in [-0.39, 0.29) is 11.8 Å². The van der Waals surface area contributed by atoms with Crippen LogP contribution in [-0.4, -0.2) is 27.5 Å². The molecule has 1 atom stereocenters. The average Bonchev–Trinajstić information content (AvgIpc) is 3.14. The van der Waals surface area contributed by atoms with Crippen LogP contribution in [0.3, 0.4) is 0 Å². The normalized spacial score (nSPS) is 17.0. The van der Waals surface area contributed by atoms with Gasteiger partial charge >= 0.3 is 5.97 Å². The molecule has 1 amide bonds. The number of carboxylic acid groups (broad SMARTS) is 1. The monoisotopic (exact) mass is 449 g/mol. The molecule has 1 fully saturated rings. The number of carbonyl (C=O) groups is 2. The van der Waals surface area contributed by atoms with Crippen molar-refractivity contribution in [1.29, 1.82) is 0 Å². The second kappa shape index (κ2) is 8.60. The molecule has 1 unspecified atom stereocenters. The van der Waals surface area contributed by atoms with Gasteiger partial charge in [0.15, 0.2) is 6.10 Å². The average molecular weight is 450 g/mol.